The van der Waals surface area contributed by atoms with E-state index in [2.05, 4.69) is 44.6 Å². The number of anilines is 1. The highest BCUT2D eigenvalue weighted by atomic mass is 16.3. The highest BCUT2D eigenvalue weighted by molar-refractivity contribution is 5.58. The highest BCUT2D eigenvalue weighted by Gasteiger charge is 2.23. The SMILES string of the molecule is O=c1[nH]c(O)c(/C=c2\cnn3c(=NC4CC4)cc(N[C@@H]4CCc5ccccc54)nc23)[nH]1. The lowest BCUT2D eigenvalue weighted by Gasteiger charge is -2.15. The molecule has 1 atom stereocenters. The number of benzene rings is 1. The molecule has 1 aromatic carbocycles. The van der Waals surface area contributed by atoms with Crippen molar-refractivity contribution in [3.63, 3.8) is 0 Å². The van der Waals surface area contributed by atoms with Gasteiger partial charge >= 0.3 is 5.69 Å². The van der Waals surface area contributed by atoms with Gasteiger partial charge in [0.1, 0.15) is 11.5 Å². The molecular weight excluding hydrogens is 394 g/mol. The lowest BCUT2D eigenvalue weighted by molar-refractivity contribution is 0.454. The van der Waals surface area contributed by atoms with Crippen molar-refractivity contribution >= 4 is 17.5 Å². The molecule has 1 saturated carbocycles. The summed E-state index contributed by atoms with van der Waals surface area (Å²) in [6.45, 7) is 0. The predicted molar refractivity (Wildman–Crippen MR) is 115 cm³/mol. The van der Waals surface area contributed by atoms with E-state index in [1.165, 1.54) is 11.1 Å². The second kappa shape index (κ2) is 6.83. The van der Waals surface area contributed by atoms with Crippen LogP contribution in [0.1, 0.15) is 42.1 Å². The van der Waals surface area contributed by atoms with E-state index in [-0.39, 0.29) is 17.6 Å². The average molecular weight is 415 g/mol. The van der Waals surface area contributed by atoms with E-state index in [0.29, 0.717) is 16.9 Å². The number of imidazole rings is 1. The van der Waals surface area contributed by atoms with Gasteiger partial charge in [0, 0.05) is 11.3 Å². The number of hydrogen-bond acceptors (Lipinski definition) is 6. The largest absolute Gasteiger partial charge is 0.493 e. The molecule has 0 unspecified atom stereocenters. The van der Waals surface area contributed by atoms with Crippen molar-refractivity contribution in [1.82, 2.24) is 24.6 Å². The number of hydrogen-bond donors (Lipinski definition) is 4. The Morgan fingerprint density at radius 2 is 2.10 bits per heavy atom. The number of nitrogens with zero attached hydrogens (tertiary/aromatic N) is 4. The fourth-order valence-electron chi connectivity index (χ4n) is 4.16. The number of rotatable bonds is 4. The molecule has 1 fully saturated rings. The van der Waals surface area contributed by atoms with Gasteiger partial charge in [-0.05, 0) is 42.9 Å². The molecule has 9 heteroatoms. The minimum Gasteiger partial charge on any atom is -0.493 e. The molecule has 2 aliphatic carbocycles. The van der Waals surface area contributed by atoms with E-state index in [4.69, 9.17) is 9.98 Å². The maximum Gasteiger partial charge on any atom is 0.326 e. The molecule has 6 rings (SSSR count). The molecule has 0 amide bonds. The summed E-state index contributed by atoms with van der Waals surface area (Å²) < 4.78 is 1.71. The van der Waals surface area contributed by atoms with Crippen LogP contribution < -0.4 is 21.7 Å². The lowest BCUT2D eigenvalue weighted by Crippen LogP contribution is -2.21. The van der Waals surface area contributed by atoms with E-state index in [1.54, 1.807) is 16.8 Å². The van der Waals surface area contributed by atoms with Crippen LogP contribution in [0, 0.1) is 0 Å². The smallest absolute Gasteiger partial charge is 0.326 e. The fourth-order valence-corrected chi connectivity index (χ4v) is 4.16. The molecule has 0 radical (unpaired) electrons. The zero-order chi connectivity index (χ0) is 20.9. The van der Waals surface area contributed by atoms with Gasteiger partial charge in [0.2, 0.25) is 5.88 Å². The third kappa shape index (κ3) is 3.27. The summed E-state index contributed by atoms with van der Waals surface area (Å²) in [5, 5.41) is 18.6. The summed E-state index contributed by atoms with van der Waals surface area (Å²) in [6.07, 6.45) is 7.54. The topological polar surface area (TPSA) is 123 Å². The monoisotopic (exact) mass is 415 g/mol. The molecule has 3 heterocycles. The normalized spacial score (nSPS) is 19.3. The zero-order valence-corrected chi connectivity index (χ0v) is 16.7. The minimum atomic E-state index is -0.472. The standard InChI is InChI=1S/C22H21N7O2/c30-21-17(26-22(31)28-21)9-13-11-23-29-19(24-14-6-7-14)10-18(27-20(13)29)25-16-8-5-12-3-1-2-4-15(12)16/h1-4,9-11,14,16,25,30H,5-8H2,(H2,26,28,31)/b13-9+,24-19?/t16-/m1/s1. The van der Waals surface area contributed by atoms with E-state index in [9.17, 15) is 9.90 Å². The Labute approximate surface area is 176 Å². The van der Waals surface area contributed by atoms with Gasteiger partial charge in [0.25, 0.3) is 0 Å². The van der Waals surface area contributed by atoms with E-state index < -0.39 is 5.69 Å². The first-order valence-corrected chi connectivity index (χ1v) is 10.4. The minimum absolute atomic E-state index is 0.195. The number of aromatic nitrogens is 5. The van der Waals surface area contributed by atoms with Gasteiger partial charge in [-0.1, -0.05) is 24.3 Å². The molecule has 31 heavy (non-hydrogen) atoms. The Morgan fingerprint density at radius 3 is 2.90 bits per heavy atom. The summed E-state index contributed by atoms with van der Waals surface area (Å²) in [5.74, 6) is 0.514. The van der Waals surface area contributed by atoms with Crippen molar-refractivity contribution in [3.05, 3.63) is 74.5 Å². The average Bonchev–Trinajstić information content (AvgIpc) is 3.20. The number of nitrogens with one attached hydrogen (secondary N) is 3. The van der Waals surface area contributed by atoms with Crippen molar-refractivity contribution in [2.45, 2.75) is 37.8 Å². The Bertz CT molecular complexity index is 1480. The summed E-state index contributed by atoms with van der Waals surface area (Å²) in [5.41, 5.74) is 3.84. The Balaban J connectivity index is 1.48. The van der Waals surface area contributed by atoms with Gasteiger partial charge in [-0.25, -0.2) is 9.78 Å². The molecule has 4 aromatic rings. The molecule has 0 bridgehead atoms. The first-order chi connectivity index (χ1) is 15.1. The van der Waals surface area contributed by atoms with Crippen LogP contribution in [0.5, 0.6) is 5.88 Å². The van der Waals surface area contributed by atoms with Gasteiger partial charge in [-0.3, -0.25) is 9.98 Å². The van der Waals surface area contributed by atoms with Crippen LogP contribution >= 0.6 is 0 Å². The summed E-state index contributed by atoms with van der Waals surface area (Å²) in [6, 6.07) is 10.9. The van der Waals surface area contributed by atoms with Gasteiger partial charge in [-0.2, -0.15) is 9.61 Å². The lowest BCUT2D eigenvalue weighted by atomic mass is 10.1. The fraction of sp³-hybridized carbons (Fsp3) is 0.273. The molecule has 156 valence electrons. The second-order valence-corrected chi connectivity index (χ2v) is 8.12. The van der Waals surface area contributed by atoms with Crippen LogP contribution in [0.3, 0.4) is 0 Å². The van der Waals surface area contributed by atoms with Gasteiger partial charge in [0.05, 0.1) is 18.3 Å². The van der Waals surface area contributed by atoms with Crippen molar-refractivity contribution in [2.24, 2.45) is 4.99 Å². The van der Waals surface area contributed by atoms with Crippen molar-refractivity contribution < 1.29 is 5.11 Å². The van der Waals surface area contributed by atoms with Gasteiger partial charge in [0.15, 0.2) is 11.1 Å². The first kappa shape index (κ1) is 17.9. The van der Waals surface area contributed by atoms with Gasteiger partial charge < -0.3 is 15.4 Å². The van der Waals surface area contributed by atoms with Crippen LogP contribution in [0.15, 0.2) is 46.3 Å². The molecule has 4 N–H and O–H groups in total. The number of H-pyrrole nitrogens is 2. The van der Waals surface area contributed by atoms with Crippen molar-refractivity contribution in [2.75, 3.05) is 5.32 Å². The Morgan fingerprint density at radius 1 is 1.23 bits per heavy atom. The van der Waals surface area contributed by atoms with Crippen molar-refractivity contribution in [3.8, 4) is 5.88 Å². The van der Waals surface area contributed by atoms with E-state index in [0.717, 1.165) is 37.0 Å². The summed E-state index contributed by atoms with van der Waals surface area (Å²) in [7, 11) is 0. The second-order valence-electron chi connectivity index (χ2n) is 8.12. The molecule has 2 aliphatic rings. The molecule has 0 aliphatic heterocycles. The van der Waals surface area contributed by atoms with Crippen LogP contribution in [0.2, 0.25) is 0 Å². The molecule has 0 spiro atoms. The number of fused-ring (bicyclic) bond motifs is 2. The number of aromatic amines is 2. The maximum absolute atomic E-state index is 11.5. The predicted octanol–water partition coefficient (Wildman–Crippen LogP) is 1.16. The third-order valence-electron chi connectivity index (χ3n) is 5.83. The highest BCUT2D eigenvalue weighted by Crippen LogP contribution is 2.33. The molecule has 9 nitrogen and oxygen atoms in total. The molecule has 3 aromatic heterocycles. The maximum atomic E-state index is 11.5. The van der Waals surface area contributed by atoms with Crippen LogP contribution in [-0.2, 0) is 6.42 Å². The van der Waals surface area contributed by atoms with E-state index >= 15 is 0 Å². The Hall–Kier alpha value is -3.88. The Kier molecular flexibility index (Phi) is 3.95. The van der Waals surface area contributed by atoms with Crippen molar-refractivity contribution in [1.29, 1.82) is 0 Å². The van der Waals surface area contributed by atoms with Crippen LogP contribution in [0.25, 0.3) is 11.7 Å². The first-order valence-electron chi connectivity index (χ1n) is 10.4. The molecular formula is C22H21N7O2. The third-order valence-corrected chi connectivity index (χ3v) is 5.83. The van der Waals surface area contributed by atoms with Crippen LogP contribution in [-0.4, -0.2) is 35.7 Å². The quantitative estimate of drug-likeness (QED) is 0.398. The summed E-state index contributed by atoms with van der Waals surface area (Å²) >= 11 is 0. The molecule has 0 saturated heterocycles. The zero-order valence-electron chi connectivity index (χ0n) is 16.7. The van der Waals surface area contributed by atoms with E-state index in [1.807, 2.05) is 6.07 Å². The number of aryl methyl sites for hydroxylation is 1. The number of aromatic hydroxyl groups is 1. The van der Waals surface area contributed by atoms with Crippen LogP contribution in [0.4, 0.5) is 5.82 Å². The summed E-state index contributed by atoms with van der Waals surface area (Å²) in [4.78, 5) is 26.0. The van der Waals surface area contributed by atoms with Gasteiger partial charge in [-0.15, -0.1) is 0 Å².